The summed E-state index contributed by atoms with van der Waals surface area (Å²) in [5.41, 5.74) is 0. The molecule has 0 N–H and O–H groups in total. The van der Waals surface area contributed by atoms with Crippen molar-refractivity contribution in [3.05, 3.63) is 0 Å². The van der Waals surface area contributed by atoms with Crippen LogP contribution in [0.5, 0.6) is 0 Å². The van der Waals surface area contributed by atoms with Crippen LogP contribution in [0.25, 0.3) is 0 Å². The number of esters is 1. The second-order valence-corrected chi connectivity index (χ2v) is 6.18. The van der Waals surface area contributed by atoms with Gasteiger partial charge >= 0.3 is 80.4 Å². The van der Waals surface area contributed by atoms with E-state index in [0.29, 0.717) is 11.8 Å². The number of rotatable bonds is 1. The van der Waals surface area contributed by atoms with Crippen molar-refractivity contribution in [2.24, 2.45) is 17.8 Å². The zero-order valence-electron chi connectivity index (χ0n) is 7.36. The second kappa shape index (κ2) is 2.42. The molecule has 1 saturated heterocycles. The molecule has 3 aliphatic rings. The molecular formula is C9H12CoO3. The summed E-state index contributed by atoms with van der Waals surface area (Å²) in [7, 11) is 0. The van der Waals surface area contributed by atoms with Gasteiger partial charge in [-0.25, -0.2) is 0 Å². The van der Waals surface area contributed by atoms with Crippen molar-refractivity contribution in [3.8, 4) is 0 Å². The molecule has 0 aromatic heterocycles. The van der Waals surface area contributed by atoms with Gasteiger partial charge in [0, 0.05) is 0 Å². The Morgan fingerprint density at radius 2 is 2.23 bits per heavy atom. The van der Waals surface area contributed by atoms with Gasteiger partial charge in [-0.2, -0.15) is 0 Å². The summed E-state index contributed by atoms with van der Waals surface area (Å²) in [4.78, 5) is 11.6. The maximum atomic E-state index is 11.5. The van der Waals surface area contributed by atoms with Crippen molar-refractivity contribution in [2.75, 3.05) is 0 Å². The molecule has 75 valence electrons. The molecule has 2 saturated carbocycles. The van der Waals surface area contributed by atoms with E-state index in [1.54, 1.807) is 5.86 Å². The molecule has 1 heterocycles. The van der Waals surface area contributed by atoms with Crippen LogP contribution in [0.2, 0.25) is 10.7 Å². The van der Waals surface area contributed by atoms with Crippen LogP contribution in [-0.4, -0.2) is 12.1 Å². The third kappa shape index (κ3) is 0.879. The van der Waals surface area contributed by atoms with E-state index in [2.05, 4.69) is 0 Å². The van der Waals surface area contributed by atoms with Gasteiger partial charge in [0.05, 0.1) is 0 Å². The third-order valence-electron chi connectivity index (χ3n) is 3.66. The van der Waals surface area contributed by atoms with Crippen LogP contribution >= 0.6 is 0 Å². The summed E-state index contributed by atoms with van der Waals surface area (Å²) >= 11 is -1.19. The third-order valence-corrected chi connectivity index (χ3v) is 5.50. The van der Waals surface area contributed by atoms with Crippen LogP contribution in [-0.2, 0) is 27.0 Å². The van der Waals surface area contributed by atoms with Gasteiger partial charge in [0.15, 0.2) is 0 Å². The SMILES string of the molecule is [CH3][Co](=[O])[CH]1C2CC3OC(=O)C1C3C2. The Hall–Kier alpha value is -0.224. The first-order valence-corrected chi connectivity index (χ1v) is 6.63. The van der Waals surface area contributed by atoms with Crippen LogP contribution in [0.15, 0.2) is 0 Å². The summed E-state index contributed by atoms with van der Waals surface area (Å²) in [6, 6.07) is 0. The van der Waals surface area contributed by atoms with E-state index in [9.17, 15) is 8.66 Å². The van der Waals surface area contributed by atoms with Gasteiger partial charge < -0.3 is 0 Å². The number of hydrogen-bond donors (Lipinski definition) is 0. The number of carbonyl (C=O) groups is 1. The molecule has 3 fully saturated rings. The Bertz CT molecular complexity index is 299. The van der Waals surface area contributed by atoms with Crippen LogP contribution < -0.4 is 0 Å². The second-order valence-electron chi connectivity index (χ2n) is 4.22. The first-order chi connectivity index (χ1) is 6.18. The minimum atomic E-state index is -1.19. The average Bonchev–Trinajstić information content (AvgIpc) is 2.60. The van der Waals surface area contributed by atoms with Crippen LogP contribution in [0.4, 0.5) is 0 Å². The van der Waals surface area contributed by atoms with E-state index >= 15 is 0 Å². The molecule has 5 unspecified atom stereocenters. The molecule has 13 heavy (non-hydrogen) atoms. The monoisotopic (exact) mass is 227 g/mol. The molecule has 2 bridgehead atoms. The Labute approximate surface area is 80.8 Å². The predicted octanol–water partition coefficient (Wildman–Crippen LogP) is 1.37. The summed E-state index contributed by atoms with van der Waals surface area (Å²) in [6.07, 6.45) is 2.21. The normalized spacial score (nSPS) is 52.5. The minimum absolute atomic E-state index is 0.0174. The molecular weight excluding hydrogens is 215 g/mol. The standard InChI is InChI=1S/C8H9O2.CH3.Co.O/c9-8-6-2-4-1-5(6)7(3-4)10-8;;;/h2,4-7H,1,3H2;1H3;;. The van der Waals surface area contributed by atoms with E-state index in [1.165, 1.54) is 0 Å². The molecule has 0 aromatic rings. The van der Waals surface area contributed by atoms with Crippen LogP contribution in [0, 0.1) is 17.8 Å². The molecule has 0 amide bonds. The van der Waals surface area contributed by atoms with E-state index in [-0.39, 0.29) is 22.8 Å². The van der Waals surface area contributed by atoms with Gasteiger partial charge in [-0.05, 0) is 0 Å². The molecule has 3 rings (SSSR count). The molecule has 4 heteroatoms. The Morgan fingerprint density at radius 3 is 2.92 bits per heavy atom. The summed E-state index contributed by atoms with van der Waals surface area (Å²) < 4.78 is 16.8. The zero-order valence-corrected chi connectivity index (χ0v) is 8.40. The van der Waals surface area contributed by atoms with Crippen molar-refractivity contribution in [2.45, 2.75) is 29.7 Å². The topological polar surface area (TPSA) is 43.4 Å². The molecule has 1 aliphatic heterocycles. The molecule has 0 spiro atoms. The van der Waals surface area contributed by atoms with Crippen molar-refractivity contribution in [1.29, 1.82) is 0 Å². The number of hydrogen-bond acceptors (Lipinski definition) is 3. The number of fused-ring (bicyclic) bond motifs is 1. The van der Waals surface area contributed by atoms with Crippen molar-refractivity contribution < 1.29 is 27.0 Å². The van der Waals surface area contributed by atoms with Crippen molar-refractivity contribution >= 4 is 5.97 Å². The molecule has 5 atom stereocenters. The van der Waals surface area contributed by atoms with Gasteiger partial charge in [0.25, 0.3) is 0 Å². The quantitative estimate of drug-likeness (QED) is 0.635. The maximum absolute atomic E-state index is 11.5. The van der Waals surface area contributed by atoms with E-state index in [0.717, 1.165) is 12.8 Å². The Balaban J connectivity index is 2.01. The average molecular weight is 227 g/mol. The first kappa shape index (κ1) is 8.12. The van der Waals surface area contributed by atoms with Crippen LogP contribution in [0.1, 0.15) is 12.8 Å². The summed E-state index contributed by atoms with van der Waals surface area (Å²) in [6.45, 7) is 0. The molecule has 0 aromatic carbocycles. The van der Waals surface area contributed by atoms with Gasteiger partial charge in [0.1, 0.15) is 0 Å². The fraction of sp³-hybridized carbons (Fsp3) is 0.889. The number of ether oxygens (including phenoxy) is 1. The fourth-order valence-electron chi connectivity index (χ4n) is 3.27. The van der Waals surface area contributed by atoms with Gasteiger partial charge in [-0.3, -0.25) is 0 Å². The Morgan fingerprint density at radius 1 is 1.46 bits per heavy atom. The molecule has 0 radical (unpaired) electrons. The predicted molar refractivity (Wildman–Crippen MR) is 39.9 cm³/mol. The number of carbonyl (C=O) groups excluding carboxylic acids is 1. The van der Waals surface area contributed by atoms with Crippen molar-refractivity contribution in [1.82, 2.24) is 0 Å². The van der Waals surface area contributed by atoms with E-state index < -0.39 is 13.6 Å². The first-order valence-electron chi connectivity index (χ1n) is 4.56. The van der Waals surface area contributed by atoms with Crippen molar-refractivity contribution in [3.63, 3.8) is 0 Å². The molecule has 2 aliphatic carbocycles. The zero-order chi connectivity index (χ0) is 9.16. The van der Waals surface area contributed by atoms with E-state index in [1.807, 2.05) is 0 Å². The van der Waals surface area contributed by atoms with Crippen LogP contribution in [0.3, 0.4) is 0 Å². The van der Waals surface area contributed by atoms with Gasteiger partial charge in [0.2, 0.25) is 0 Å². The Kier molecular flexibility index (Phi) is 1.51. The van der Waals surface area contributed by atoms with Gasteiger partial charge in [-0.1, -0.05) is 0 Å². The van der Waals surface area contributed by atoms with Gasteiger partial charge in [-0.15, -0.1) is 0 Å². The van der Waals surface area contributed by atoms with E-state index in [4.69, 9.17) is 4.74 Å². The molecule has 3 nitrogen and oxygen atoms in total. The summed E-state index contributed by atoms with van der Waals surface area (Å²) in [5.74, 6) is 2.56. The fourth-order valence-corrected chi connectivity index (χ4v) is 5.17. The summed E-state index contributed by atoms with van der Waals surface area (Å²) in [5, 5.41) is 0.